The Balaban J connectivity index is 1.91. The fourth-order valence-electron chi connectivity index (χ4n) is 2.51. The molecule has 0 aliphatic heterocycles. The van der Waals surface area contributed by atoms with Crippen LogP contribution < -0.4 is 4.74 Å². The summed E-state index contributed by atoms with van der Waals surface area (Å²) in [4.78, 5) is 14.8. The highest BCUT2D eigenvalue weighted by molar-refractivity contribution is 5.92. The molecule has 1 heterocycles. The van der Waals surface area contributed by atoms with E-state index < -0.39 is 5.97 Å². The summed E-state index contributed by atoms with van der Waals surface area (Å²) in [7, 11) is 0. The number of aromatic nitrogens is 1. The topological polar surface area (TPSA) is 59.4 Å². The zero-order valence-electron chi connectivity index (χ0n) is 10.5. The van der Waals surface area contributed by atoms with E-state index >= 15 is 0 Å². The Morgan fingerprint density at radius 2 is 2.00 bits per heavy atom. The van der Waals surface area contributed by atoms with E-state index in [2.05, 4.69) is 4.98 Å². The second kappa shape index (κ2) is 4.88. The number of carboxylic acids is 1. The van der Waals surface area contributed by atoms with Gasteiger partial charge in [-0.1, -0.05) is 0 Å². The van der Waals surface area contributed by atoms with Crippen LogP contribution in [-0.4, -0.2) is 22.2 Å². The molecule has 19 heavy (non-hydrogen) atoms. The van der Waals surface area contributed by atoms with Crippen molar-refractivity contribution < 1.29 is 14.6 Å². The van der Waals surface area contributed by atoms with Gasteiger partial charge >= 0.3 is 5.97 Å². The van der Waals surface area contributed by atoms with Crippen LogP contribution in [0.4, 0.5) is 0 Å². The zero-order valence-corrected chi connectivity index (χ0v) is 10.5. The van der Waals surface area contributed by atoms with E-state index in [-0.39, 0.29) is 5.69 Å². The second-order valence-corrected chi connectivity index (χ2v) is 4.91. The first-order valence-corrected chi connectivity index (χ1v) is 6.52. The van der Waals surface area contributed by atoms with Crippen LogP contribution in [0.2, 0.25) is 0 Å². The number of carboxylic acid groups (broad SMARTS) is 1. The molecule has 0 saturated heterocycles. The summed E-state index contributed by atoms with van der Waals surface area (Å²) in [5.41, 5.74) is 0.0607. The standard InChI is InChI=1S/C15H15NO3/c17-15(18)14-8-11-7-13(6-5-10(11)9-16-14)19-12-3-1-2-4-12/h5-9,12H,1-4H2,(H,17,18). The van der Waals surface area contributed by atoms with Crippen LogP contribution in [0.3, 0.4) is 0 Å². The molecule has 1 aliphatic rings. The van der Waals surface area contributed by atoms with Crippen molar-refractivity contribution in [2.45, 2.75) is 31.8 Å². The van der Waals surface area contributed by atoms with Gasteiger partial charge in [0.05, 0.1) is 6.10 Å². The quantitative estimate of drug-likeness (QED) is 0.916. The van der Waals surface area contributed by atoms with Gasteiger partial charge in [0.1, 0.15) is 11.4 Å². The van der Waals surface area contributed by atoms with Crippen molar-refractivity contribution >= 4 is 16.7 Å². The SMILES string of the molecule is O=C(O)c1cc2cc(OC3CCCC3)ccc2cn1. The zero-order chi connectivity index (χ0) is 13.2. The number of hydrogen-bond acceptors (Lipinski definition) is 3. The molecule has 1 fully saturated rings. The van der Waals surface area contributed by atoms with Crippen molar-refractivity contribution in [3.05, 3.63) is 36.2 Å². The summed E-state index contributed by atoms with van der Waals surface area (Å²) in [6.07, 6.45) is 6.55. The van der Waals surface area contributed by atoms with Crippen LogP contribution >= 0.6 is 0 Å². The fourth-order valence-corrected chi connectivity index (χ4v) is 2.51. The highest BCUT2D eigenvalue weighted by Gasteiger charge is 2.16. The summed E-state index contributed by atoms with van der Waals surface area (Å²) in [6, 6.07) is 7.31. The van der Waals surface area contributed by atoms with Crippen molar-refractivity contribution in [3.63, 3.8) is 0 Å². The van der Waals surface area contributed by atoms with Gasteiger partial charge in [0.2, 0.25) is 0 Å². The fraction of sp³-hybridized carbons (Fsp3) is 0.333. The molecule has 3 rings (SSSR count). The predicted molar refractivity (Wildman–Crippen MR) is 71.6 cm³/mol. The van der Waals surface area contributed by atoms with E-state index in [1.54, 1.807) is 12.3 Å². The molecule has 0 atom stereocenters. The predicted octanol–water partition coefficient (Wildman–Crippen LogP) is 3.25. The molecule has 1 aromatic heterocycles. The summed E-state index contributed by atoms with van der Waals surface area (Å²) in [6.45, 7) is 0. The third-order valence-corrected chi connectivity index (χ3v) is 3.52. The molecule has 0 unspecified atom stereocenters. The van der Waals surface area contributed by atoms with E-state index in [0.717, 1.165) is 29.4 Å². The van der Waals surface area contributed by atoms with Crippen LogP contribution in [-0.2, 0) is 0 Å². The summed E-state index contributed by atoms with van der Waals surface area (Å²) >= 11 is 0. The number of fused-ring (bicyclic) bond motifs is 1. The Hall–Kier alpha value is -2.10. The number of benzene rings is 1. The van der Waals surface area contributed by atoms with E-state index in [0.29, 0.717) is 6.10 Å². The van der Waals surface area contributed by atoms with Crippen molar-refractivity contribution in [2.75, 3.05) is 0 Å². The van der Waals surface area contributed by atoms with E-state index in [1.807, 2.05) is 18.2 Å². The molecule has 4 heteroatoms. The van der Waals surface area contributed by atoms with Crippen molar-refractivity contribution in [1.82, 2.24) is 4.98 Å². The summed E-state index contributed by atoms with van der Waals surface area (Å²) < 4.78 is 5.92. The van der Waals surface area contributed by atoms with Gasteiger partial charge in [-0.15, -0.1) is 0 Å². The molecule has 1 aliphatic carbocycles. The van der Waals surface area contributed by atoms with Gasteiger partial charge in [0.15, 0.2) is 0 Å². The average molecular weight is 257 g/mol. The highest BCUT2D eigenvalue weighted by atomic mass is 16.5. The molecule has 2 aromatic rings. The van der Waals surface area contributed by atoms with Gasteiger partial charge in [-0.2, -0.15) is 0 Å². The number of pyridine rings is 1. The molecule has 0 radical (unpaired) electrons. The van der Waals surface area contributed by atoms with Gasteiger partial charge < -0.3 is 9.84 Å². The molecule has 98 valence electrons. The van der Waals surface area contributed by atoms with Gasteiger partial charge in [-0.25, -0.2) is 9.78 Å². The lowest BCUT2D eigenvalue weighted by molar-refractivity contribution is 0.0690. The maximum Gasteiger partial charge on any atom is 0.354 e. The average Bonchev–Trinajstić information content (AvgIpc) is 2.90. The first-order valence-electron chi connectivity index (χ1n) is 6.52. The number of hydrogen-bond donors (Lipinski definition) is 1. The highest BCUT2D eigenvalue weighted by Crippen LogP contribution is 2.26. The minimum absolute atomic E-state index is 0.0607. The first-order chi connectivity index (χ1) is 9.22. The lowest BCUT2D eigenvalue weighted by atomic mass is 10.1. The van der Waals surface area contributed by atoms with E-state index in [1.165, 1.54) is 12.8 Å². The Morgan fingerprint density at radius 3 is 2.74 bits per heavy atom. The molecule has 0 spiro atoms. The number of aromatic carboxylic acids is 1. The second-order valence-electron chi connectivity index (χ2n) is 4.91. The minimum Gasteiger partial charge on any atom is -0.490 e. The maximum absolute atomic E-state index is 10.9. The Morgan fingerprint density at radius 1 is 1.21 bits per heavy atom. The van der Waals surface area contributed by atoms with Crippen molar-refractivity contribution in [2.24, 2.45) is 0 Å². The van der Waals surface area contributed by atoms with Crippen molar-refractivity contribution in [3.8, 4) is 5.75 Å². The van der Waals surface area contributed by atoms with Crippen LogP contribution in [0.1, 0.15) is 36.2 Å². The first kappa shape index (κ1) is 12.0. The molecule has 4 nitrogen and oxygen atoms in total. The summed E-state index contributed by atoms with van der Waals surface area (Å²) in [5, 5.41) is 10.7. The largest absolute Gasteiger partial charge is 0.490 e. The molecule has 0 bridgehead atoms. The van der Waals surface area contributed by atoms with Crippen LogP contribution in [0.5, 0.6) is 5.75 Å². The third-order valence-electron chi connectivity index (χ3n) is 3.52. The number of ether oxygens (including phenoxy) is 1. The molecular weight excluding hydrogens is 242 g/mol. The van der Waals surface area contributed by atoms with Gasteiger partial charge in [-0.05, 0) is 55.3 Å². The third kappa shape index (κ3) is 2.52. The summed E-state index contributed by atoms with van der Waals surface area (Å²) in [5.74, 6) is -0.203. The number of carbonyl (C=O) groups is 1. The van der Waals surface area contributed by atoms with Crippen LogP contribution in [0.25, 0.3) is 10.8 Å². The molecule has 0 amide bonds. The molecule has 1 N–H and O–H groups in total. The Kier molecular flexibility index (Phi) is 3.07. The van der Waals surface area contributed by atoms with Crippen LogP contribution in [0, 0.1) is 0 Å². The van der Waals surface area contributed by atoms with Crippen LogP contribution in [0.15, 0.2) is 30.5 Å². The Bertz CT molecular complexity index is 618. The number of nitrogens with zero attached hydrogens (tertiary/aromatic N) is 1. The van der Waals surface area contributed by atoms with Gasteiger partial charge in [0, 0.05) is 11.6 Å². The van der Waals surface area contributed by atoms with Gasteiger partial charge in [0.25, 0.3) is 0 Å². The maximum atomic E-state index is 10.9. The van der Waals surface area contributed by atoms with E-state index in [9.17, 15) is 4.79 Å². The normalized spacial score (nSPS) is 15.8. The lowest BCUT2D eigenvalue weighted by Gasteiger charge is -2.13. The minimum atomic E-state index is -1.01. The molecule has 1 aromatic carbocycles. The monoisotopic (exact) mass is 257 g/mol. The number of rotatable bonds is 3. The lowest BCUT2D eigenvalue weighted by Crippen LogP contribution is -2.10. The molecular formula is C15H15NO3. The Labute approximate surface area is 111 Å². The molecule has 1 saturated carbocycles. The van der Waals surface area contributed by atoms with Crippen molar-refractivity contribution in [1.29, 1.82) is 0 Å². The van der Waals surface area contributed by atoms with E-state index in [4.69, 9.17) is 9.84 Å². The van der Waals surface area contributed by atoms with Gasteiger partial charge in [-0.3, -0.25) is 0 Å². The smallest absolute Gasteiger partial charge is 0.354 e.